The number of β-amino-alcohol motifs (C(OH)–C–C–N with tert-alkyl or cyclic N) is 1. The first kappa shape index (κ1) is 17.1. The number of likely N-dealkylation sites (tertiary alicyclic amines) is 1. The Morgan fingerprint density at radius 1 is 1.15 bits per heavy atom. The summed E-state index contributed by atoms with van der Waals surface area (Å²) in [4.78, 5) is 15.9. The maximum atomic E-state index is 12.4. The number of hydrogen-bond donors (Lipinski definition) is 1. The summed E-state index contributed by atoms with van der Waals surface area (Å²) < 4.78 is 5.61. The van der Waals surface area contributed by atoms with Crippen LogP contribution in [-0.2, 0) is 4.74 Å². The van der Waals surface area contributed by atoms with E-state index in [-0.39, 0.29) is 12.5 Å². The minimum absolute atomic E-state index is 0.0534. The maximum absolute atomic E-state index is 12.4. The van der Waals surface area contributed by atoms with Crippen LogP contribution in [0.3, 0.4) is 0 Å². The van der Waals surface area contributed by atoms with Crippen molar-refractivity contribution in [2.45, 2.75) is 11.5 Å². The fourth-order valence-electron chi connectivity index (χ4n) is 4.27. The van der Waals surface area contributed by atoms with Gasteiger partial charge in [0.25, 0.3) is 0 Å². The number of likely N-dealkylation sites (N-methyl/N-ethyl adjacent to an activating group) is 2. The number of carbonyl (C=O) groups excluding carboxylic acids is 1. The van der Waals surface area contributed by atoms with Gasteiger partial charge in [0.15, 0.2) is 0 Å². The average molecular weight is 352 g/mol. The van der Waals surface area contributed by atoms with Gasteiger partial charge in [-0.25, -0.2) is 4.79 Å². The highest BCUT2D eigenvalue weighted by atomic mass is 16.6. The van der Waals surface area contributed by atoms with Crippen LogP contribution in [0.2, 0.25) is 0 Å². The fourth-order valence-corrected chi connectivity index (χ4v) is 4.27. The Kier molecular flexibility index (Phi) is 4.21. The zero-order valence-electron chi connectivity index (χ0n) is 15.2. The standard InChI is InChI=1S/C21H24N2O3/c1-22-12-21(25,13-22)14-23(2)20(24)26-11-19-17-9-5-3-7-15(17)16-8-4-6-10-18(16)19/h3-10,19,25H,11-14H2,1-2H3. The van der Waals surface area contributed by atoms with Crippen LogP contribution in [0.4, 0.5) is 4.79 Å². The first-order valence-corrected chi connectivity index (χ1v) is 8.94. The molecule has 0 atom stereocenters. The van der Waals surface area contributed by atoms with Crippen molar-refractivity contribution in [3.63, 3.8) is 0 Å². The Morgan fingerprint density at radius 3 is 2.23 bits per heavy atom. The predicted molar refractivity (Wildman–Crippen MR) is 100 cm³/mol. The Bertz CT molecular complexity index is 784. The van der Waals surface area contributed by atoms with Crippen molar-refractivity contribution in [1.82, 2.24) is 9.80 Å². The lowest BCUT2D eigenvalue weighted by Crippen LogP contribution is -2.65. The molecule has 2 aromatic rings. The topological polar surface area (TPSA) is 53.0 Å². The summed E-state index contributed by atoms with van der Waals surface area (Å²) in [5, 5.41) is 10.3. The summed E-state index contributed by atoms with van der Waals surface area (Å²) in [6.07, 6.45) is -0.394. The van der Waals surface area contributed by atoms with E-state index in [9.17, 15) is 9.90 Å². The van der Waals surface area contributed by atoms with Gasteiger partial charge in [-0.05, 0) is 29.3 Å². The van der Waals surface area contributed by atoms with Crippen LogP contribution >= 0.6 is 0 Å². The molecule has 0 unspecified atom stereocenters. The van der Waals surface area contributed by atoms with Gasteiger partial charge in [0.05, 0.1) is 6.54 Å². The molecule has 1 aliphatic carbocycles. The van der Waals surface area contributed by atoms with Gasteiger partial charge in [-0.15, -0.1) is 0 Å². The van der Waals surface area contributed by atoms with E-state index in [1.54, 1.807) is 7.05 Å². The molecule has 1 fully saturated rings. The first-order chi connectivity index (χ1) is 12.5. The van der Waals surface area contributed by atoms with Crippen LogP contribution in [0.5, 0.6) is 0 Å². The van der Waals surface area contributed by atoms with E-state index < -0.39 is 11.7 Å². The molecule has 2 aromatic carbocycles. The molecular weight excluding hydrogens is 328 g/mol. The van der Waals surface area contributed by atoms with Gasteiger partial charge in [0.2, 0.25) is 0 Å². The van der Waals surface area contributed by atoms with E-state index in [2.05, 4.69) is 24.3 Å². The zero-order chi connectivity index (χ0) is 18.3. The van der Waals surface area contributed by atoms with Crippen molar-refractivity contribution in [2.24, 2.45) is 0 Å². The number of aliphatic hydroxyl groups is 1. The molecule has 1 amide bonds. The molecule has 1 N–H and O–H groups in total. The predicted octanol–water partition coefficient (Wildman–Crippen LogP) is 2.54. The van der Waals surface area contributed by atoms with Crippen molar-refractivity contribution < 1.29 is 14.6 Å². The van der Waals surface area contributed by atoms with Crippen molar-refractivity contribution in [3.8, 4) is 11.1 Å². The Hall–Kier alpha value is -2.37. The lowest BCUT2D eigenvalue weighted by Gasteiger charge is -2.45. The number of nitrogens with zero attached hydrogens (tertiary/aromatic N) is 2. The molecule has 0 radical (unpaired) electrons. The summed E-state index contributed by atoms with van der Waals surface area (Å²) >= 11 is 0. The van der Waals surface area contributed by atoms with Gasteiger partial charge >= 0.3 is 6.09 Å². The average Bonchev–Trinajstić information content (AvgIpc) is 2.92. The zero-order valence-corrected chi connectivity index (χ0v) is 15.2. The number of hydrogen-bond acceptors (Lipinski definition) is 4. The smallest absolute Gasteiger partial charge is 0.409 e. The van der Waals surface area contributed by atoms with Crippen molar-refractivity contribution in [3.05, 3.63) is 59.7 Å². The molecule has 136 valence electrons. The van der Waals surface area contributed by atoms with Crippen molar-refractivity contribution >= 4 is 6.09 Å². The van der Waals surface area contributed by atoms with Gasteiger partial charge in [-0.2, -0.15) is 0 Å². The second kappa shape index (κ2) is 6.41. The maximum Gasteiger partial charge on any atom is 0.409 e. The monoisotopic (exact) mass is 352 g/mol. The van der Waals surface area contributed by atoms with Gasteiger partial charge in [0, 0.05) is 26.1 Å². The second-order valence-corrected chi connectivity index (χ2v) is 7.56. The summed E-state index contributed by atoms with van der Waals surface area (Å²) in [6, 6.07) is 16.6. The number of amides is 1. The highest BCUT2D eigenvalue weighted by Gasteiger charge is 2.41. The normalized spacial score (nSPS) is 18.0. The molecule has 2 aliphatic rings. The number of fused-ring (bicyclic) bond motifs is 3. The molecule has 5 nitrogen and oxygen atoms in total. The summed E-state index contributed by atoms with van der Waals surface area (Å²) in [7, 11) is 3.62. The third-order valence-corrected chi connectivity index (χ3v) is 5.31. The lowest BCUT2D eigenvalue weighted by molar-refractivity contribution is -0.0979. The third kappa shape index (κ3) is 2.97. The molecule has 1 heterocycles. The van der Waals surface area contributed by atoms with Crippen LogP contribution in [0.15, 0.2) is 48.5 Å². The van der Waals surface area contributed by atoms with Crippen LogP contribution in [-0.4, -0.2) is 66.9 Å². The molecule has 0 saturated carbocycles. The number of carbonyl (C=O) groups is 1. The van der Waals surface area contributed by atoms with Crippen LogP contribution < -0.4 is 0 Å². The second-order valence-electron chi connectivity index (χ2n) is 7.56. The molecule has 4 rings (SSSR count). The van der Waals surface area contributed by atoms with Crippen LogP contribution in [0.1, 0.15) is 17.0 Å². The van der Waals surface area contributed by atoms with Gasteiger partial charge in [0.1, 0.15) is 12.2 Å². The van der Waals surface area contributed by atoms with Gasteiger partial charge < -0.3 is 19.6 Å². The van der Waals surface area contributed by atoms with Gasteiger partial charge in [-0.3, -0.25) is 0 Å². The molecule has 0 bridgehead atoms. The molecule has 0 aromatic heterocycles. The van der Waals surface area contributed by atoms with Crippen LogP contribution in [0, 0.1) is 0 Å². The molecule has 26 heavy (non-hydrogen) atoms. The highest BCUT2D eigenvalue weighted by Crippen LogP contribution is 2.44. The van der Waals surface area contributed by atoms with E-state index in [1.807, 2.05) is 36.2 Å². The fraction of sp³-hybridized carbons (Fsp3) is 0.381. The quantitative estimate of drug-likeness (QED) is 0.919. The molecular formula is C21H24N2O3. The number of rotatable bonds is 4. The lowest BCUT2D eigenvalue weighted by atomic mass is 9.95. The Morgan fingerprint density at radius 2 is 1.69 bits per heavy atom. The van der Waals surface area contributed by atoms with Crippen LogP contribution in [0.25, 0.3) is 11.1 Å². The molecule has 1 saturated heterocycles. The minimum Gasteiger partial charge on any atom is -0.448 e. The molecule has 0 spiro atoms. The van der Waals surface area contributed by atoms with E-state index in [0.29, 0.717) is 19.7 Å². The largest absolute Gasteiger partial charge is 0.448 e. The third-order valence-electron chi connectivity index (χ3n) is 5.31. The number of benzene rings is 2. The number of ether oxygens (including phenoxy) is 1. The summed E-state index contributed by atoms with van der Waals surface area (Å²) in [5.41, 5.74) is 4.00. The van der Waals surface area contributed by atoms with E-state index >= 15 is 0 Å². The summed E-state index contributed by atoms with van der Waals surface area (Å²) in [6.45, 7) is 1.74. The minimum atomic E-state index is -0.824. The summed E-state index contributed by atoms with van der Waals surface area (Å²) in [5.74, 6) is 0.0534. The molecule has 5 heteroatoms. The highest BCUT2D eigenvalue weighted by molar-refractivity contribution is 5.79. The van der Waals surface area contributed by atoms with E-state index in [1.165, 1.54) is 27.2 Å². The van der Waals surface area contributed by atoms with Gasteiger partial charge in [-0.1, -0.05) is 48.5 Å². The van der Waals surface area contributed by atoms with E-state index in [0.717, 1.165) is 0 Å². The van der Waals surface area contributed by atoms with Crippen molar-refractivity contribution in [1.29, 1.82) is 0 Å². The molecule has 1 aliphatic heterocycles. The SMILES string of the molecule is CN1CC(O)(CN(C)C(=O)OCC2c3ccccc3-c3ccccc32)C1. The van der Waals surface area contributed by atoms with E-state index in [4.69, 9.17) is 4.74 Å². The Balaban J connectivity index is 1.44. The Labute approximate surface area is 153 Å². The van der Waals surface area contributed by atoms with Crippen molar-refractivity contribution in [2.75, 3.05) is 40.3 Å². The first-order valence-electron chi connectivity index (χ1n) is 8.94.